The van der Waals surface area contributed by atoms with Crippen LogP contribution in [-0.2, 0) is 9.84 Å². The van der Waals surface area contributed by atoms with Crippen molar-refractivity contribution < 1.29 is 8.42 Å². The van der Waals surface area contributed by atoms with Gasteiger partial charge in [-0.25, -0.2) is 8.42 Å². The third-order valence-electron chi connectivity index (χ3n) is 3.69. The van der Waals surface area contributed by atoms with Crippen molar-refractivity contribution in [1.29, 1.82) is 0 Å². The van der Waals surface area contributed by atoms with Crippen LogP contribution in [0.5, 0.6) is 0 Å². The zero-order valence-corrected chi connectivity index (χ0v) is 10.3. The quantitative estimate of drug-likeness (QED) is 0.696. The molecule has 1 aliphatic carbocycles. The largest absolute Gasteiger partial charge is 0.329 e. The predicted molar refractivity (Wildman–Crippen MR) is 65.0 cm³/mol. The van der Waals surface area contributed by atoms with Gasteiger partial charge in [0.15, 0.2) is 0 Å². The third kappa shape index (κ3) is 2.64. The molecule has 5 heteroatoms. The molecule has 1 aliphatic heterocycles. The number of nitrogens with one attached hydrogen (secondary N) is 1. The standard InChI is InChI=1S/C11H20N2O2S/c12-9-11(13-10-3-1-2-4-10)5-7-16(14,15)8-6-11/h1-2,10,13H,3-9,12H2. The minimum Gasteiger partial charge on any atom is -0.329 e. The summed E-state index contributed by atoms with van der Waals surface area (Å²) in [6.45, 7) is 0.527. The maximum absolute atomic E-state index is 11.4. The highest BCUT2D eigenvalue weighted by Gasteiger charge is 2.37. The van der Waals surface area contributed by atoms with Gasteiger partial charge in [0.05, 0.1) is 11.5 Å². The van der Waals surface area contributed by atoms with Crippen LogP contribution in [0.3, 0.4) is 0 Å². The molecule has 0 atom stereocenters. The molecule has 2 aliphatic rings. The number of hydrogen-bond donors (Lipinski definition) is 2. The lowest BCUT2D eigenvalue weighted by molar-refractivity contribution is 0.269. The van der Waals surface area contributed by atoms with E-state index in [0.29, 0.717) is 25.4 Å². The first kappa shape index (κ1) is 12.1. The molecule has 0 spiro atoms. The topological polar surface area (TPSA) is 72.2 Å². The first-order valence-corrected chi connectivity index (χ1v) is 7.71. The second-order valence-electron chi connectivity index (χ2n) is 4.92. The Morgan fingerprint density at radius 2 is 1.81 bits per heavy atom. The van der Waals surface area contributed by atoms with E-state index in [4.69, 9.17) is 5.73 Å². The maximum Gasteiger partial charge on any atom is 0.150 e. The van der Waals surface area contributed by atoms with Crippen LogP contribution >= 0.6 is 0 Å². The Kier molecular flexibility index (Phi) is 3.37. The summed E-state index contributed by atoms with van der Waals surface area (Å²) in [4.78, 5) is 0. The van der Waals surface area contributed by atoms with Crippen molar-refractivity contribution in [1.82, 2.24) is 5.32 Å². The molecule has 0 aromatic carbocycles. The van der Waals surface area contributed by atoms with Crippen molar-refractivity contribution in [3.05, 3.63) is 12.2 Å². The third-order valence-corrected chi connectivity index (χ3v) is 5.34. The van der Waals surface area contributed by atoms with E-state index in [0.717, 1.165) is 12.8 Å². The molecule has 0 aromatic rings. The molecule has 0 radical (unpaired) electrons. The minimum atomic E-state index is -2.81. The summed E-state index contributed by atoms with van der Waals surface area (Å²) in [5.41, 5.74) is 5.68. The molecule has 0 saturated carbocycles. The second-order valence-corrected chi connectivity index (χ2v) is 7.22. The molecule has 1 fully saturated rings. The van der Waals surface area contributed by atoms with Crippen LogP contribution in [0.15, 0.2) is 12.2 Å². The Bertz CT molecular complexity index is 353. The number of hydrogen-bond acceptors (Lipinski definition) is 4. The van der Waals surface area contributed by atoms with Crippen LogP contribution in [0.4, 0.5) is 0 Å². The van der Waals surface area contributed by atoms with Gasteiger partial charge in [0.2, 0.25) is 0 Å². The Morgan fingerprint density at radius 3 is 2.31 bits per heavy atom. The van der Waals surface area contributed by atoms with Gasteiger partial charge in [-0.15, -0.1) is 0 Å². The molecule has 0 aromatic heterocycles. The number of nitrogens with two attached hydrogens (primary N) is 1. The van der Waals surface area contributed by atoms with Crippen molar-refractivity contribution in [3.63, 3.8) is 0 Å². The fourth-order valence-electron chi connectivity index (χ4n) is 2.50. The maximum atomic E-state index is 11.4. The van der Waals surface area contributed by atoms with Gasteiger partial charge in [0.1, 0.15) is 9.84 Å². The second kappa shape index (κ2) is 4.47. The van der Waals surface area contributed by atoms with Crippen LogP contribution in [0.2, 0.25) is 0 Å². The zero-order valence-electron chi connectivity index (χ0n) is 9.48. The van der Waals surface area contributed by atoms with Crippen molar-refractivity contribution in [2.75, 3.05) is 18.1 Å². The fourth-order valence-corrected chi connectivity index (χ4v) is 4.11. The average molecular weight is 244 g/mol. The van der Waals surface area contributed by atoms with Crippen molar-refractivity contribution in [3.8, 4) is 0 Å². The lowest BCUT2D eigenvalue weighted by Crippen LogP contribution is -2.58. The van der Waals surface area contributed by atoms with Gasteiger partial charge in [-0.05, 0) is 25.7 Å². The Morgan fingerprint density at radius 1 is 1.25 bits per heavy atom. The Hall–Kier alpha value is -0.390. The van der Waals surface area contributed by atoms with Crippen LogP contribution in [0.25, 0.3) is 0 Å². The monoisotopic (exact) mass is 244 g/mol. The molecule has 0 bridgehead atoms. The molecule has 2 rings (SSSR count). The lowest BCUT2D eigenvalue weighted by atomic mass is 9.91. The molecule has 92 valence electrons. The highest BCUT2D eigenvalue weighted by molar-refractivity contribution is 7.91. The molecule has 16 heavy (non-hydrogen) atoms. The summed E-state index contributed by atoms with van der Waals surface area (Å²) < 4.78 is 22.8. The fraction of sp³-hybridized carbons (Fsp3) is 0.818. The van der Waals surface area contributed by atoms with Gasteiger partial charge in [0.25, 0.3) is 0 Å². The van der Waals surface area contributed by atoms with E-state index in [1.807, 2.05) is 0 Å². The summed E-state index contributed by atoms with van der Waals surface area (Å²) in [5, 5.41) is 3.57. The lowest BCUT2D eigenvalue weighted by Gasteiger charge is -2.39. The van der Waals surface area contributed by atoms with Crippen molar-refractivity contribution in [2.45, 2.75) is 37.3 Å². The van der Waals surface area contributed by atoms with E-state index in [1.54, 1.807) is 0 Å². The van der Waals surface area contributed by atoms with Gasteiger partial charge in [0, 0.05) is 18.1 Å². The average Bonchev–Trinajstić information content (AvgIpc) is 2.74. The molecule has 4 nitrogen and oxygen atoms in total. The summed E-state index contributed by atoms with van der Waals surface area (Å²) in [5.74, 6) is 0.550. The van der Waals surface area contributed by atoms with Crippen LogP contribution in [-0.4, -0.2) is 38.0 Å². The molecule has 1 heterocycles. The van der Waals surface area contributed by atoms with Gasteiger partial charge in [-0.1, -0.05) is 12.2 Å². The molecule has 0 amide bonds. The van der Waals surface area contributed by atoms with E-state index in [2.05, 4.69) is 17.5 Å². The summed E-state index contributed by atoms with van der Waals surface area (Å²) in [6.07, 6.45) is 7.72. The first-order chi connectivity index (χ1) is 7.55. The first-order valence-electron chi connectivity index (χ1n) is 5.88. The molecule has 3 N–H and O–H groups in total. The highest BCUT2D eigenvalue weighted by Crippen LogP contribution is 2.25. The van der Waals surface area contributed by atoms with Crippen LogP contribution in [0.1, 0.15) is 25.7 Å². The molecule has 0 unspecified atom stereocenters. The van der Waals surface area contributed by atoms with E-state index in [1.165, 1.54) is 0 Å². The van der Waals surface area contributed by atoms with Gasteiger partial charge in [-0.3, -0.25) is 0 Å². The van der Waals surface area contributed by atoms with Crippen molar-refractivity contribution in [2.24, 2.45) is 5.73 Å². The molecular weight excluding hydrogens is 224 g/mol. The number of sulfone groups is 1. The van der Waals surface area contributed by atoms with Gasteiger partial charge in [-0.2, -0.15) is 0 Å². The van der Waals surface area contributed by atoms with Crippen LogP contribution < -0.4 is 11.1 Å². The zero-order chi connectivity index (χ0) is 11.6. The van der Waals surface area contributed by atoms with Gasteiger partial charge >= 0.3 is 0 Å². The molecule has 1 saturated heterocycles. The smallest absolute Gasteiger partial charge is 0.150 e. The summed E-state index contributed by atoms with van der Waals surface area (Å²) in [7, 11) is -2.81. The van der Waals surface area contributed by atoms with Crippen LogP contribution in [0, 0.1) is 0 Å². The summed E-state index contributed by atoms with van der Waals surface area (Å²) in [6, 6.07) is 0.448. The SMILES string of the molecule is NCC1(NC2CC=CC2)CCS(=O)(=O)CC1. The predicted octanol–water partition coefficient (Wildman–Crippen LogP) is 0.201. The van der Waals surface area contributed by atoms with E-state index in [-0.39, 0.29) is 17.0 Å². The van der Waals surface area contributed by atoms with E-state index in [9.17, 15) is 8.42 Å². The van der Waals surface area contributed by atoms with Crippen molar-refractivity contribution >= 4 is 9.84 Å². The van der Waals surface area contributed by atoms with Gasteiger partial charge < -0.3 is 11.1 Å². The highest BCUT2D eigenvalue weighted by atomic mass is 32.2. The Balaban J connectivity index is 1.98. The Labute approximate surface area is 97.2 Å². The molecular formula is C11H20N2O2S. The minimum absolute atomic E-state index is 0.151. The normalized spacial score (nSPS) is 28.3. The number of rotatable bonds is 3. The van der Waals surface area contributed by atoms with E-state index < -0.39 is 9.84 Å². The summed E-state index contributed by atoms with van der Waals surface area (Å²) >= 11 is 0. The van der Waals surface area contributed by atoms with E-state index >= 15 is 0 Å².